The molecule has 0 N–H and O–H groups in total. The van der Waals surface area contributed by atoms with Gasteiger partial charge in [0.25, 0.3) is 0 Å². The van der Waals surface area contributed by atoms with Crippen molar-refractivity contribution in [1.29, 1.82) is 0 Å². The van der Waals surface area contributed by atoms with Crippen LogP contribution in [0.5, 0.6) is 0 Å². The number of hydrogen-bond donors (Lipinski definition) is 0. The molecule has 5 aromatic rings. The first-order valence-corrected chi connectivity index (χ1v) is 31.3. The third-order valence-electron chi connectivity index (χ3n) is 10.00. The van der Waals surface area contributed by atoms with Crippen molar-refractivity contribution in [3.63, 3.8) is 0 Å². The van der Waals surface area contributed by atoms with Crippen LogP contribution >= 0.6 is 17.0 Å². The van der Waals surface area contributed by atoms with Crippen molar-refractivity contribution in [2.45, 2.75) is 28.0 Å². The molecule has 0 aromatic heterocycles. The molecule has 0 amide bonds. The molecule has 0 aliphatic heterocycles. The summed E-state index contributed by atoms with van der Waals surface area (Å²) in [6, 6.07) is 43.5. The summed E-state index contributed by atoms with van der Waals surface area (Å²) in [6.45, 7) is 8.59. The molecule has 0 nitrogen and oxygen atoms in total. The first-order chi connectivity index (χ1) is 20.5. The van der Waals surface area contributed by atoms with Crippen molar-refractivity contribution in [2.75, 3.05) is 0 Å². The summed E-state index contributed by atoms with van der Waals surface area (Å²) in [5, 5.41) is 0. The third kappa shape index (κ3) is 4.25. The predicted molar refractivity (Wildman–Crippen MR) is 188 cm³/mol. The zero-order valence-corrected chi connectivity index (χ0v) is 30.2. The standard InChI is InChI=1S/2C16H13.C7H7.2ClH.H2Si.Zr/c2*1-12-10-14-8-5-9-15(16(14)11-12)13-6-3-2-4-7-13;1-7-5-3-2-4-6-7;;;;/h2*2-11H,1H3;3-6H,1H3;2*1H;1H2;/q;;;;;;+2/p-2. The Bertz CT molecular complexity index is 1950. The number of rotatable bonds is 5. The Morgan fingerprint density at radius 3 is 1.35 bits per heavy atom. The van der Waals surface area contributed by atoms with Crippen LogP contribution in [0.4, 0.5) is 0 Å². The predicted octanol–water partition coefficient (Wildman–Crippen LogP) is 10.4. The normalized spacial score (nSPS) is 19.1. The van der Waals surface area contributed by atoms with Crippen molar-refractivity contribution in [1.82, 2.24) is 0 Å². The molecule has 2 unspecified atom stereocenters. The average molecular weight is 694 g/mol. The zero-order chi connectivity index (χ0) is 30.0. The third-order valence-corrected chi connectivity index (χ3v) is 40.5. The Balaban J connectivity index is 1.54. The molecule has 213 valence electrons. The molecule has 43 heavy (non-hydrogen) atoms. The van der Waals surface area contributed by atoms with Crippen LogP contribution in [0.1, 0.15) is 48.9 Å². The van der Waals surface area contributed by atoms with Crippen molar-refractivity contribution < 1.29 is 13.5 Å². The number of hydrogen-bond acceptors (Lipinski definition) is 0. The van der Waals surface area contributed by atoms with Gasteiger partial charge in [-0.3, -0.25) is 0 Å². The fourth-order valence-electron chi connectivity index (χ4n) is 8.28. The Morgan fingerprint density at radius 1 is 0.512 bits per heavy atom. The molecule has 4 heteroatoms. The average Bonchev–Trinajstić information content (AvgIpc) is 3.55. The van der Waals surface area contributed by atoms with Gasteiger partial charge in [0.05, 0.1) is 0 Å². The number of halogens is 2. The first-order valence-electron chi connectivity index (χ1n) is 15.0. The van der Waals surface area contributed by atoms with E-state index in [-0.39, 0.29) is 7.25 Å². The van der Waals surface area contributed by atoms with E-state index in [2.05, 4.69) is 154 Å². The summed E-state index contributed by atoms with van der Waals surface area (Å²) < 4.78 is 0.896. The summed E-state index contributed by atoms with van der Waals surface area (Å²) in [5.41, 5.74) is 13.5. The minimum absolute atomic E-state index is 0.107. The summed E-state index contributed by atoms with van der Waals surface area (Å²) in [7, 11) is 17.6. The monoisotopic (exact) mass is 691 g/mol. The summed E-state index contributed by atoms with van der Waals surface area (Å²) in [5.74, 6) is 0. The van der Waals surface area contributed by atoms with Gasteiger partial charge >= 0.3 is 263 Å². The fraction of sp³-hybridized carbons (Fsp3) is 0.128. The molecule has 5 aromatic carbocycles. The number of aryl methyl sites for hydroxylation is 1. The Morgan fingerprint density at radius 2 is 0.930 bits per heavy atom. The van der Waals surface area contributed by atoms with Gasteiger partial charge in [-0.2, -0.15) is 0 Å². The molecule has 0 bridgehead atoms. The van der Waals surface area contributed by atoms with Crippen LogP contribution in [0.3, 0.4) is 0 Å². The molecule has 0 radical (unpaired) electrons. The molecule has 0 fully saturated rings. The molecule has 7 rings (SSSR count). The van der Waals surface area contributed by atoms with Crippen LogP contribution in [-0.4, -0.2) is 6.88 Å². The molecule has 2 atom stereocenters. The second kappa shape index (κ2) is 9.88. The van der Waals surface area contributed by atoms with Crippen LogP contribution in [0.2, 0.25) is 0 Å². The second-order valence-corrected chi connectivity index (χ2v) is 57.3. The number of benzene rings is 5. The van der Waals surface area contributed by atoms with Gasteiger partial charge in [0.1, 0.15) is 0 Å². The Labute approximate surface area is 261 Å². The van der Waals surface area contributed by atoms with E-state index in [0.717, 1.165) is 3.27 Å². The van der Waals surface area contributed by atoms with E-state index in [1.54, 1.807) is 0 Å². The van der Waals surface area contributed by atoms with Gasteiger partial charge in [0.15, 0.2) is 0 Å². The summed E-state index contributed by atoms with van der Waals surface area (Å²) in [6.07, 6.45) is 4.72. The van der Waals surface area contributed by atoms with Crippen molar-refractivity contribution in [3.05, 3.63) is 160 Å². The summed E-state index contributed by atoms with van der Waals surface area (Å²) in [4.78, 5) is 0. The molecule has 2 aliphatic carbocycles. The number of fused-ring (bicyclic) bond motifs is 2. The zero-order valence-electron chi connectivity index (χ0n) is 24.8. The van der Waals surface area contributed by atoms with E-state index < -0.39 is 13.5 Å². The van der Waals surface area contributed by atoms with Crippen LogP contribution < -0.4 is 3.27 Å². The summed E-state index contributed by atoms with van der Waals surface area (Å²) >= 11 is -5.79. The fourth-order valence-corrected chi connectivity index (χ4v) is 40.7. The number of allylic oxidation sites excluding steroid dienone is 2. The molecule has 0 heterocycles. The van der Waals surface area contributed by atoms with E-state index in [1.165, 1.54) is 61.2 Å². The second-order valence-electron chi connectivity index (χ2n) is 12.9. The molecule has 0 saturated carbocycles. The Kier molecular flexibility index (Phi) is 6.66. The maximum atomic E-state index is 8.78. The van der Waals surface area contributed by atoms with Crippen molar-refractivity contribution in [2.24, 2.45) is 0 Å². The quantitative estimate of drug-likeness (QED) is 0.161. The maximum absolute atomic E-state index is 8.78. The van der Waals surface area contributed by atoms with E-state index in [0.29, 0.717) is 0 Å². The van der Waals surface area contributed by atoms with Crippen molar-refractivity contribution >= 4 is 39.3 Å². The molecular weight excluding hydrogens is 659 g/mol. The topological polar surface area (TPSA) is 0 Å². The molecule has 2 aliphatic rings. The minimum atomic E-state index is -5.79. The van der Waals surface area contributed by atoms with Crippen molar-refractivity contribution in [3.8, 4) is 22.3 Å². The van der Waals surface area contributed by atoms with Gasteiger partial charge in [0.2, 0.25) is 0 Å². The Hall–Kier alpha value is -2.74. The van der Waals surface area contributed by atoms with Gasteiger partial charge in [0, 0.05) is 0 Å². The van der Waals surface area contributed by atoms with Crippen LogP contribution in [0.25, 0.3) is 34.4 Å². The van der Waals surface area contributed by atoms with Gasteiger partial charge in [-0.1, -0.05) is 0 Å². The van der Waals surface area contributed by atoms with E-state index in [9.17, 15) is 0 Å². The van der Waals surface area contributed by atoms with E-state index in [1.807, 2.05) is 6.88 Å². The van der Waals surface area contributed by atoms with E-state index in [4.69, 9.17) is 17.0 Å². The van der Waals surface area contributed by atoms with E-state index >= 15 is 0 Å². The first kappa shape index (κ1) is 29.0. The van der Waals surface area contributed by atoms with Crippen LogP contribution in [0, 0.1) is 6.92 Å². The van der Waals surface area contributed by atoms with Gasteiger partial charge in [-0.05, 0) is 0 Å². The molecular formula is C39H35Cl2SiZr. The van der Waals surface area contributed by atoms with Crippen LogP contribution in [-0.2, 0) is 13.5 Å². The van der Waals surface area contributed by atoms with Gasteiger partial charge < -0.3 is 0 Å². The van der Waals surface area contributed by atoms with Gasteiger partial charge in [-0.25, -0.2) is 0 Å². The van der Waals surface area contributed by atoms with Gasteiger partial charge in [-0.15, -0.1) is 0 Å². The molecule has 0 spiro atoms. The van der Waals surface area contributed by atoms with Crippen LogP contribution in [0.15, 0.2) is 132 Å². The molecule has 0 saturated heterocycles. The SMILES string of the molecule is CC1=Cc2c(-c3ccccc3)cccc2[CH]1[Zr](=[SiH2])([Cl])([Cl])([c]1ccc(C)cc1)[CH]1C(C)=Cc2c(-c3ccccc3)cccc21.